The summed E-state index contributed by atoms with van der Waals surface area (Å²) >= 11 is 0. The molecule has 32 heavy (non-hydrogen) atoms. The van der Waals surface area contributed by atoms with Gasteiger partial charge in [0.2, 0.25) is 0 Å². The predicted molar refractivity (Wildman–Crippen MR) is 134 cm³/mol. The lowest BCUT2D eigenvalue weighted by atomic mass is 9.76. The Morgan fingerprint density at radius 1 is 0.969 bits per heavy atom. The van der Waals surface area contributed by atoms with Gasteiger partial charge >= 0.3 is 0 Å². The number of benzene rings is 2. The lowest BCUT2D eigenvalue weighted by Crippen LogP contribution is -2.31. The minimum Gasteiger partial charge on any atom is -0.496 e. The molecule has 0 heterocycles. The number of rotatable bonds is 11. The first kappa shape index (κ1) is 25.7. The molecule has 0 saturated heterocycles. The molecule has 0 N–H and O–H groups in total. The highest BCUT2D eigenvalue weighted by Crippen LogP contribution is 2.41. The van der Waals surface area contributed by atoms with Gasteiger partial charge in [0.25, 0.3) is 5.54 Å². The third kappa shape index (κ3) is 5.84. The van der Waals surface area contributed by atoms with Crippen molar-refractivity contribution in [2.24, 2.45) is 5.92 Å². The van der Waals surface area contributed by atoms with Gasteiger partial charge in [-0.2, -0.15) is 0 Å². The fourth-order valence-electron chi connectivity index (χ4n) is 4.45. The maximum Gasteiger partial charge on any atom is 0.259 e. The van der Waals surface area contributed by atoms with Crippen LogP contribution in [0.3, 0.4) is 0 Å². The van der Waals surface area contributed by atoms with Gasteiger partial charge in [0.05, 0.1) is 14.2 Å². The molecule has 1 unspecified atom stereocenters. The first-order valence-corrected chi connectivity index (χ1v) is 11.5. The van der Waals surface area contributed by atoms with Gasteiger partial charge in [0.1, 0.15) is 11.5 Å². The molecule has 4 heteroatoms. The summed E-state index contributed by atoms with van der Waals surface area (Å²) in [6, 6.07) is 10.7. The van der Waals surface area contributed by atoms with Gasteiger partial charge in [-0.05, 0) is 87.7 Å². The van der Waals surface area contributed by atoms with Crippen molar-refractivity contribution >= 4 is 0 Å². The smallest absolute Gasteiger partial charge is 0.259 e. The summed E-state index contributed by atoms with van der Waals surface area (Å²) in [4.78, 5) is 6.59. The average Bonchev–Trinajstić information content (AvgIpc) is 2.77. The normalized spacial score (nSPS) is 13.2. The van der Waals surface area contributed by atoms with E-state index in [1.807, 2.05) is 0 Å². The number of hydrogen-bond acceptors (Lipinski definition) is 3. The summed E-state index contributed by atoms with van der Waals surface area (Å²) in [7, 11) is 5.59. The van der Waals surface area contributed by atoms with Gasteiger partial charge in [-0.1, -0.05) is 26.0 Å². The van der Waals surface area contributed by atoms with Crippen molar-refractivity contribution in [1.82, 2.24) is 4.90 Å². The highest BCUT2D eigenvalue weighted by Gasteiger charge is 2.42. The molecule has 4 nitrogen and oxygen atoms in total. The van der Waals surface area contributed by atoms with Crippen LogP contribution in [0.5, 0.6) is 11.5 Å². The Morgan fingerprint density at radius 3 is 2.22 bits per heavy atom. The molecule has 2 aromatic rings. The van der Waals surface area contributed by atoms with Gasteiger partial charge in [0.15, 0.2) is 0 Å². The minimum atomic E-state index is -0.528. The highest BCUT2D eigenvalue weighted by atomic mass is 16.5. The molecule has 0 aromatic heterocycles. The van der Waals surface area contributed by atoms with Crippen LogP contribution in [0.2, 0.25) is 0 Å². The van der Waals surface area contributed by atoms with E-state index in [1.54, 1.807) is 14.2 Å². The summed E-state index contributed by atoms with van der Waals surface area (Å²) in [5.41, 5.74) is 5.39. The van der Waals surface area contributed by atoms with E-state index in [1.165, 1.54) is 16.7 Å². The van der Waals surface area contributed by atoms with Crippen molar-refractivity contribution in [3.63, 3.8) is 0 Å². The Bertz CT molecular complexity index is 945. The zero-order chi connectivity index (χ0) is 23.9. The van der Waals surface area contributed by atoms with E-state index in [4.69, 9.17) is 16.0 Å². The number of likely N-dealkylation sites (N-methyl/N-ethyl adjacent to an activating group) is 1. The van der Waals surface area contributed by atoms with E-state index < -0.39 is 5.54 Å². The third-order valence-electron chi connectivity index (χ3n) is 6.83. The van der Waals surface area contributed by atoms with Crippen LogP contribution in [0.25, 0.3) is 4.85 Å². The van der Waals surface area contributed by atoms with Crippen LogP contribution in [-0.2, 0) is 12.0 Å². The van der Waals surface area contributed by atoms with E-state index in [2.05, 4.69) is 81.7 Å². The standard InChI is InChI=1S/C28H40N2O2/c1-20(2)28(29-6,25-18-21(3)23(5)27(19-25)32-9)14-10-15-30(7)16-13-24-11-12-26(31-8)22(4)17-24/h11-12,17-20H,10,13-16H2,1-5,7-9H3. The van der Waals surface area contributed by atoms with Crippen LogP contribution >= 0.6 is 0 Å². The fraction of sp³-hybridized carbons (Fsp3) is 0.536. The van der Waals surface area contributed by atoms with Gasteiger partial charge in [-0.3, -0.25) is 0 Å². The number of aryl methyl sites for hydroxylation is 2. The molecule has 0 fully saturated rings. The van der Waals surface area contributed by atoms with Crippen LogP contribution < -0.4 is 9.47 Å². The van der Waals surface area contributed by atoms with Gasteiger partial charge < -0.3 is 19.2 Å². The van der Waals surface area contributed by atoms with E-state index >= 15 is 0 Å². The quantitative estimate of drug-likeness (QED) is 0.384. The van der Waals surface area contributed by atoms with Crippen molar-refractivity contribution in [3.05, 3.63) is 69.6 Å². The first-order chi connectivity index (χ1) is 15.2. The fourth-order valence-corrected chi connectivity index (χ4v) is 4.45. The van der Waals surface area contributed by atoms with E-state index in [-0.39, 0.29) is 5.92 Å². The van der Waals surface area contributed by atoms with E-state index in [0.717, 1.165) is 55.0 Å². The van der Waals surface area contributed by atoms with E-state index in [0.29, 0.717) is 0 Å². The van der Waals surface area contributed by atoms with Gasteiger partial charge in [-0.25, -0.2) is 6.57 Å². The molecule has 0 aliphatic heterocycles. The monoisotopic (exact) mass is 436 g/mol. The third-order valence-corrected chi connectivity index (χ3v) is 6.83. The second-order valence-corrected chi connectivity index (χ2v) is 9.27. The Morgan fingerprint density at radius 2 is 1.66 bits per heavy atom. The maximum atomic E-state index is 8.12. The lowest BCUT2D eigenvalue weighted by molar-refractivity contribution is 0.287. The molecule has 2 aromatic carbocycles. The SMILES string of the molecule is [C-]#[N+]C(CCCN(C)CCc1ccc(OC)c(C)c1)(c1cc(C)c(C)c(OC)c1)C(C)C. The van der Waals surface area contributed by atoms with Crippen molar-refractivity contribution in [2.75, 3.05) is 34.4 Å². The van der Waals surface area contributed by atoms with Crippen LogP contribution in [-0.4, -0.2) is 39.3 Å². The van der Waals surface area contributed by atoms with Gasteiger partial charge in [0, 0.05) is 24.4 Å². The zero-order valence-electron chi connectivity index (χ0n) is 21.2. The molecule has 0 amide bonds. The molecule has 174 valence electrons. The Kier molecular flexibility index (Phi) is 9.16. The van der Waals surface area contributed by atoms with E-state index in [9.17, 15) is 0 Å². The highest BCUT2D eigenvalue weighted by molar-refractivity contribution is 5.46. The molecule has 0 radical (unpaired) electrons. The summed E-state index contributed by atoms with van der Waals surface area (Å²) < 4.78 is 11.0. The van der Waals surface area contributed by atoms with Crippen LogP contribution in [0, 0.1) is 33.3 Å². The number of hydrogen-bond donors (Lipinski definition) is 0. The maximum absolute atomic E-state index is 8.12. The molecule has 0 saturated carbocycles. The molecule has 0 spiro atoms. The van der Waals surface area contributed by atoms with Crippen LogP contribution in [0.4, 0.5) is 0 Å². The summed E-state index contributed by atoms with van der Waals surface area (Å²) in [5, 5.41) is 0. The lowest BCUT2D eigenvalue weighted by Gasteiger charge is -2.28. The van der Waals surface area contributed by atoms with Crippen molar-refractivity contribution in [2.45, 2.75) is 59.4 Å². The molecule has 0 bridgehead atoms. The predicted octanol–water partition coefficient (Wildman–Crippen LogP) is 6.35. The topological polar surface area (TPSA) is 26.1 Å². The van der Waals surface area contributed by atoms with Crippen LogP contribution in [0.15, 0.2) is 30.3 Å². The second-order valence-electron chi connectivity index (χ2n) is 9.27. The van der Waals surface area contributed by atoms with Crippen LogP contribution in [0.1, 0.15) is 54.5 Å². The van der Waals surface area contributed by atoms with Crippen molar-refractivity contribution in [3.8, 4) is 11.5 Å². The molecule has 2 rings (SSSR count). The van der Waals surface area contributed by atoms with Crippen molar-refractivity contribution in [1.29, 1.82) is 0 Å². The van der Waals surface area contributed by atoms with Crippen molar-refractivity contribution < 1.29 is 9.47 Å². The molecule has 0 aliphatic carbocycles. The largest absolute Gasteiger partial charge is 0.496 e. The number of nitrogens with zero attached hydrogens (tertiary/aromatic N) is 2. The Hall–Kier alpha value is -2.51. The second kappa shape index (κ2) is 11.4. The Labute approximate surface area is 195 Å². The summed E-state index contributed by atoms with van der Waals surface area (Å²) in [5.74, 6) is 2.04. The van der Waals surface area contributed by atoms with Gasteiger partial charge in [-0.15, -0.1) is 0 Å². The zero-order valence-corrected chi connectivity index (χ0v) is 21.2. The first-order valence-electron chi connectivity index (χ1n) is 11.5. The number of ether oxygens (including phenoxy) is 2. The summed E-state index contributed by atoms with van der Waals surface area (Å²) in [6.45, 7) is 20.7. The minimum absolute atomic E-state index is 0.222. The molecule has 0 aliphatic rings. The summed E-state index contributed by atoms with van der Waals surface area (Å²) in [6.07, 6.45) is 2.83. The average molecular weight is 437 g/mol. The molecular formula is C28H40N2O2. The Balaban J connectivity index is 2.04. The molecular weight excluding hydrogens is 396 g/mol. The molecule has 1 atom stereocenters. The number of methoxy groups -OCH3 is 2.